The quantitative estimate of drug-likeness (QED) is 0.129. The minimum atomic E-state index is -0.515. The van der Waals surface area contributed by atoms with Crippen molar-refractivity contribution in [3.05, 3.63) is 144 Å². The van der Waals surface area contributed by atoms with Crippen molar-refractivity contribution in [2.45, 2.75) is 30.7 Å². The van der Waals surface area contributed by atoms with E-state index in [1.54, 1.807) is 85.2 Å². The van der Waals surface area contributed by atoms with Crippen LogP contribution in [0.4, 0.5) is 11.4 Å². The van der Waals surface area contributed by atoms with Gasteiger partial charge in [0.1, 0.15) is 35.8 Å². The van der Waals surface area contributed by atoms with Crippen LogP contribution in [0.15, 0.2) is 132 Å². The minimum absolute atomic E-state index is 0.189. The fourth-order valence-electron chi connectivity index (χ4n) is 8.25. The summed E-state index contributed by atoms with van der Waals surface area (Å²) in [4.78, 5) is 50.2. The number of pyridine rings is 2. The molecule has 12 nitrogen and oxygen atoms in total. The van der Waals surface area contributed by atoms with Gasteiger partial charge in [0.05, 0.1) is 47.8 Å². The number of amides is 2. The molecule has 12 heteroatoms. The highest BCUT2D eigenvalue weighted by molar-refractivity contribution is 6.07. The lowest BCUT2D eigenvalue weighted by molar-refractivity contribution is 0.0260. The van der Waals surface area contributed by atoms with Gasteiger partial charge in [-0.05, 0) is 90.3 Å². The zero-order valence-electron chi connectivity index (χ0n) is 32.3. The number of hydrogen-bond donors (Lipinski definition) is 0. The maximum Gasteiger partial charge on any atom is 0.260 e. The van der Waals surface area contributed by atoms with E-state index >= 15 is 0 Å². The van der Waals surface area contributed by atoms with Crippen LogP contribution >= 0.6 is 0 Å². The van der Waals surface area contributed by atoms with E-state index in [9.17, 15) is 9.59 Å². The van der Waals surface area contributed by atoms with Crippen LogP contribution in [0.2, 0.25) is 0 Å². The average molecular weight is 783 g/mol. The molecule has 0 saturated carbocycles. The van der Waals surface area contributed by atoms with E-state index < -0.39 is 24.3 Å². The lowest BCUT2D eigenvalue weighted by atomic mass is 9.98. The van der Waals surface area contributed by atoms with Crippen molar-refractivity contribution in [2.24, 2.45) is 9.98 Å². The van der Waals surface area contributed by atoms with E-state index in [-0.39, 0.29) is 11.8 Å². The Morgan fingerprint density at radius 1 is 0.576 bits per heavy atom. The number of benzene rings is 4. The third-order valence-corrected chi connectivity index (χ3v) is 11.3. The first-order chi connectivity index (χ1) is 29.0. The Labute approximate surface area is 339 Å². The second kappa shape index (κ2) is 15.1. The summed E-state index contributed by atoms with van der Waals surface area (Å²) < 4.78 is 24.3. The molecule has 4 aliphatic rings. The normalized spacial score (nSPS) is 20.4. The van der Waals surface area contributed by atoms with Crippen molar-refractivity contribution in [1.29, 1.82) is 0 Å². The number of carbonyl (C=O) groups is 2. The highest BCUT2D eigenvalue weighted by Gasteiger charge is 2.43. The monoisotopic (exact) mass is 782 g/mol. The van der Waals surface area contributed by atoms with Gasteiger partial charge in [-0.3, -0.25) is 29.5 Å². The van der Waals surface area contributed by atoms with Crippen molar-refractivity contribution in [3.8, 4) is 11.5 Å². The molecule has 0 radical (unpaired) electrons. The zero-order valence-corrected chi connectivity index (χ0v) is 32.3. The maximum atomic E-state index is 14.1. The molecular weight excluding hydrogens is 745 g/mol. The minimum Gasteiger partial charge on any atom is -0.497 e. The average Bonchev–Trinajstić information content (AvgIpc) is 3.75. The summed E-state index contributed by atoms with van der Waals surface area (Å²) in [5, 5.41) is 1.96. The zero-order chi connectivity index (χ0) is 40.0. The molecule has 59 heavy (non-hydrogen) atoms. The van der Waals surface area contributed by atoms with Gasteiger partial charge in [0.15, 0.2) is 0 Å². The fraction of sp³-hybridized carbons (Fsp3) is 0.191. The SMILES string of the molecule is COc1ccc2c(c1)C(=O)N1C=C(c3ccc4ncccc4c3)C(OCCCOC3C(c4ccc5ncccc5c4)=CN4C(=O)c5cc(OC)ccc5N=C[C@@H]34)[C@@H]1C=N2. The Kier molecular flexibility index (Phi) is 9.27. The molecule has 0 bridgehead atoms. The summed E-state index contributed by atoms with van der Waals surface area (Å²) in [6, 6.07) is 29.6. The van der Waals surface area contributed by atoms with E-state index in [2.05, 4.69) is 22.1 Å². The van der Waals surface area contributed by atoms with E-state index in [0.29, 0.717) is 53.6 Å². The Balaban J connectivity index is 0.912. The van der Waals surface area contributed by atoms with Crippen molar-refractivity contribution in [1.82, 2.24) is 19.8 Å². The number of aliphatic imine (C=N–C) groups is 2. The lowest BCUT2D eigenvalue weighted by Gasteiger charge is -2.26. The Bertz CT molecular complexity index is 2610. The first-order valence-electron chi connectivity index (χ1n) is 19.4. The first-order valence-corrected chi connectivity index (χ1v) is 19.4. The molecule has 292 valence electrons. The number of rotatable bonds is 10. The van der Waals surface area contributed by atoms with Gasteiger partial charge in [0, 0.05) is 72.4 Å². The van der Waals surface area contributed by atoms with Crippen molar-refractivity contribution in [3.63, 3.8) is 0 Å². The third-order valence-electron chi connectivity index (χ3n) is 11.3. The Hall–Kier alpha value is -7.02. The molecule has 6 aromatic rings. The van der Waals surface area contributed by atoms with Crippen LogP contribution in [0.5, 0.6) is 11.5 Å². The molecule has 10 rings (SSSR count). The summed E-state index contributed by atoms with van der Waals surface area (Å²) >= 11 is 0. The fourth-order valence-corrected chi connectivity index (χ4v) is 8.25. The number of fused-ring (bicyclic) bond motifs is 6. The van der Waals surface area contributed by atoms with E-state index in [0.717, 1.165) is 44.1 Å². The van der Waals surface area contributed by atoms with Crippen LogP contribution in [0, 0.1) is 0 Å². The van der Waals surface area contributed by atoms with Gasteiger partial charge >= 0.3 is 0 Å². The van der Waals surface area contributed by atoms with Crippen LogP contribution in [0.25, 0.3) is 33.0 Å². The predicted molar refractivity (Wildman–Crippen MR) is 226 cm³/mol. The maximum absolute atomic E-state index is 14.1. The molecule has 2 amide bonds. The van der Waals surface area contributed by atoms with Gasteiger partial charge in [0.25, 0.3) is 11.8 Å². The number of ether oxygens (including phenoxy) is 4. The van der Waals surface area contributed by atoms with Gasteiger partial charge in [-0.1, -0.05) is 24.3 Å². The smallest absolute Gasteiger partial charge is 0.260 e. The molecule has 0 spiro atoms. The summed E-state index contributed by atoms with van der Waals surface area (Å²) in [5.41, 5.74) is 7.38. The van der Waals surface area contributed by atoms with Gasteiger partial charge in [-0.2, -0.15) is 0 Å². The Morgan fingerprint density at radius 2 is 1.05 bits per heavy atom. The second-order valence-electron chi connectivity index (χ2n) is 14.7. The second-order valence-corrected chi connectivity index (χ2v) is 14.7. The van der Waals surface area contributed by atoms with E-state index in [4.69, 9.17) is 28.9 Å². The summed E-state index contributed by atoms with van der Waals surface area (Å²) in [7, 11) is 3.15. The number of nitrogens with zero attached hydrogens (tertiary/aromatic N) is 6. The van der Waals surface area contributed by atoms with Gasteiger partial charge in [-0.25, -0.2) is 0 Å². The molecule has 2 aromatic heterocycles. The van der Waals surface area contributed by atoms with Crippen LogP contribution in [-0.4, -0.2) is 95.7 Å². The molecule has 0 aliphatic carbocycles. The third kappa shape index (κ3) is 6.52. The molecule has 2 unspecified atom stereocenters. The number of aromatic nitrogens is 2. The van der Waals surface area contributed by atoms with Crippen LogP contribution in [-0.2, 0) is 9.47 Å². The molecule has 4 atom stereocenters. The number of hydrogen-bond acceptors (Lipinski definition) is 10. The summed E-state index contributed by atoms with van der Waals surface area (Å²) in [6.45, 7) is 0.647. The molecule has 6 heterocycles. The van der Waals surface area contributed by atoms with Crippen molar-refractivity contribution >= 4 is 68.6 Å². The van der Waals surface area contributed by atoms with Gasteiger partial charge < -0.3 is 28.7 Å². The highest BCUT2D eigenvalue weighted by atomic mass is 16.5. The summed E-state index contributed by atoms with van der Waals surface area (Å²) in [6.07, 6.45) is 10.4. The van der Waals surface area contributed by atoms with Crippen LogP contribution in [0.3, 0.4) is 0 Å². The first kappa shape index (κ1) is 36.3. The molecule has 0 N–H and O–H groups in total. The molecule has 4 aromatic carbocycles. The van der Waals surface area contributed by atoms with Crippen molar-refractivity contribution in [2.75, 3.05) is 27.4 Å². The molecular formula is C47H38N6O6. The van der Waals surface area contributed by atoms with E-state index in [1.165, 1.54) is 0 Å². The topological polar surface area (TPSA) is 128 Å². The van der Waals surface area contributed by atoms with Gasteiger partial charge in [0.2, 0.25) is 0 Å². The number of carbonyl (C=O) groups excluding carboxylic acids is 2. The standard InChI is InChI=1S/C47H38N6O6/c1-56-32-10-14-40-34(22-32)46(54)52-26-36(28-8-12-38-30(20-28)6-3-16-48-38)44(42(52)24-50-40)58-18-5-19-59-45-37(29-9-13-39-31(21-29)7-4-17-49-39)27-53-43(45)25-51-41-15-11-33(57-2)23-35(41)47(53)55/h3-4,6-17,20-27,42-45H,5,18-19H2,1-2H3/t42-,43-,44?,45?/m0/s1. The van der Waals surface area contributed by atoms with E-state index in [1.807, 2.05) is 60.9 Å². The highest BCUT2D eigenvalue weighted by Crippen LogP contribution is 2.40. The van der Waals surface area contributed by atoms with Crippen molar-refractivity contribution < 1.29 is 28.5 Å². The lowest BCUT2D eigenvalue weighted by Crippen LogP contribution is -2.41. The summed E-state index contributed by atoms with van der Waals surface area (Å²) in [5.74, 6) is 0.777. The van der Waals surface area contributed by atoms with Crippen LogP contribution < -0.4 is 9.47 Å². The van der Waals surface area contributed by atoms with Crippen LogP contribution in [0.1, 0.15) is 38.3 Å². The Morgan fingerprint density at radius 3 is 1.51 bits per heavy atom. The molecule has 4 aliphatic heterocycles. The molecule has 0 saturated heterocycles. The largest absolute Gasteiger partial charge is 0.497 e. The van der Waals surface area contributed by atoms with Gasteiger partial charge in [-0.15, -0.1) is 0 Å². The number of methoxy groups -OCH3 is 2. The predicted octanol–water partition coefficient (Wildman–Crippen LogP) is 7.82. The molecule has 0 fully saturated rings.